The summed E-state index contributed by atoms with van der Waals surface area (Å²) in [7, 11) is -4.94. The number of nitrogens with zero attached hydrogens (tertiary/aromatic N) is 1. The molecule has 0 atom stereocenters. The maximum Gasteiger partial charge on any atom is 0.341 e. The molecule has 0 saturated heterocycles. The average Bonchev–Trinajstić information content (AvgIpc) is 2.98. The highest BCUT2D eigenvalue weighted by Gasteiger charge is 2.29. The lowest BCUT2D eigenvalue weighted by atomic mass is 10.2. The van der Waals surface area contributed by atoms with Gasteiger partial charge in [0.25, 0.3) is 5.69 Å². The first-order valence-electron chi connectivity index (χ1n) is 7.44. The molecule has 0 fully saturated rings. The average molecular weight is 398 g/mol. The summed E-state index contributed by atoms with van der Waals surface area (Å²) in [6, 6.07) is 7.52. The van der Waals surface area contributed by atoms with E-state index in [9.17, 15) is 32.1 Å². The number of alkyl halides is 2. The summed E-state index contributed by atoms with van der Waals surface area (Å²) >= 11 is 0. The van der Waals surface area contributed by atoms with Crippen LogP contribution in [-0.2, 0) is 16.4 Å². The van der Waals surface area contributed by atoms with Crippen LogP contribution in [0.3, 0.4) is 0 Å². The highest BCUT2D eigenvalue weighted by atomic mass is 32.2. The molecule has 9 nitrogen and oxygen atoms in total. The predicted molar refractivity (Wildman–Crippen MR) is 92.5 cm³/mol. The third-order valence-corrected chi connectivity index (χ3v) is 5.17. The van der Waals surface area contributed by atoms with Gasteiger partial charge in [-0.15, -0.1) is 0 Å². The molecule has 1 heterocycles. The highest BCUT2D eigenvalue weighted by molar-refractivity contribution is 7.91. The van der Waals surface area contributed by atoms with Crippen LogP contribution in [0.5, 0.6) is 0 Å². The van der Waals surface area contributed by atoms with Crippen molar-refractivity contribution in [3.05, 3.63) is 62.6 Å². The van der Waals surface area contributed by atoms with Crippen LogP contribution in [-0.4, -0.2) is 29.1 Å². The third-order valence-electron chi connectivity index (χ3n) is 3.79. The van der Waals surface area contributed by atoms with Gasteiger partial charge in [-0.05, 0) is 29.8 Å². The molecular weight excluding hydrogens is 386 g/mol. The van der Waals surface area contributed by atoms with Crippen LogP contribution in [0.2, 0.25) is 0 Å². The Hall–Kier alpha value is -3.28. The van der Waals surface area contributed by atoms with Crippen LogP contribution >= 0.6 is 0 Å². The number of hydrogen-bond donors (Lipinski definition) is 3. The van der Waals surface area contributed by atoms with Crippen molar-refractivity contribution in [1.82, 2.24) is 9.97 Å². The minimum Gasteiger partial charge on any atom is -0.375 e. The number of halogens is 2. The van der Waals surface area contributed by atoms with E-state index >= 15 is 0 Å². The lowest BCUT2D eigenvalue weighted by molar-refractivity contribution is -0.384. The van der Waals surface area contributed by atoms with Crippen molar-refractivity contribution in [2.45, 2.75) is 17.2 Å². The lowest BCUT2D eigenvalue weighted by Gasteiger charge is -2.09. The number of aromatic nitrogens is 2. The summed E-state index contributed by atoms with van der Waals surface area (Å²) in [5.41, 5.74) is 0.769. The maximum atomic E-state index is 12.6. The molecule has 0 radical (unpaired) electrons. The number of nitro groups is 1. The molecule has 142 valence electrons. The first-order chi connectivity index (χ1) is 12.7. The van der Waals surface area contributed by atoms with Crippen LogP contribution in [0, 0.1) is 10.1 Å². The first-order valence-corrected chi connectivity index (χ1v) is 8.98. The van der Waals surface area contributed by atoms with Gasteiger partial charge in [-0.3, -0.25) is 10.1 Å². The van der Waals surface area contributed by atoms with Crippen molar-refractivity contribution >= 4 is 32.2 Å². The minimum atomic E-state index is -4.94. The number of sulfone groups is 1. The number of fused-ring (bicyclic) bond motifs is 1. The fourth-order valence-electron chi connectivity index (χ4n) is 2.48. The van der Waals surface area contributed by atoms with E-state index in [1.807, 2.05) is 0 Å². The molecule has 0 aliphatic rings. The summed E-state index contributed by atoms with van der Waals surface area (Å²) in [4.78, 5) is 25.9. The Morgan fingerprint density at radius 1 is 1.11 bits per heavy atom. The van der Waals surface area contributed by atoms with Gasteiger partial charge in [-0.25, -0.2) is 13.2 Å². The molecule has 0 aliphatic heterocycles. The second-order valence-corrected chi connectivity index (χ2v) is 7.47. The molecule has 3 aromatic rings. The Morgan fingerprint density at radius 2 is 1.81 bits per heavy atom. The quantitative estimate of drug-likeness (QED) is 0.430. The number of H-pyrrole nitrogens is 2. The monoisotopic (exact) mass is 398 g/mol. The number of anilines is 1. The zero-order valence-electron chi connectivity index (χ0n) is 13.4. The SMILES string of the molecule is O=c1[nH]c2ccc(CNc3ccc(S(=O)(=O)C(F)F)cc3[N+](=O)[O-])cc2[nH]1. The summed E-state index contributed by atoms with van der Waals surface area (Å²) in [5.74, 6) is -3.67. The smallest absolute Gasteiger partial charge is 0.341 e. The zero-order valence-corrected chi connectivity index (χ0v) is 14.2. The second kappa shape index (κ2) is 6.79. The number of rotatable bonds is 6. The molecule has 0 spiro atoms. The molecule has 2 aromatic carbocycles. The van der Waals surface area contributed by atoms with Gasteiger partial charge < -0.3 is 15.3 Å². The van der Waals surface area contributed by atoms with Gasteiger partial charge in [0.05, 0.1) is 20.9 Å². The topological polar surface area (TPSA) is 138 Å². The maximum absolute atomic E-state index is 12.6. The molecule has 27 heavy (non-hydrogen) atoms. The Morgan fingerprint density at radius 3 is 2.48 bits per heavy atom. The van der Waals surface area contributed by atoms with Gasteiger partial charge in [-0.1, -0.05) is 6.07 Å². The Kier molecular flexibility index (Phi) is 4.66. The van der Waals surface area contributed by atoms with E-state index in [2.05, 4.69) is 15.3 Å². The molecular formula is C15H12F2N4O5S. The number of nitro benzene ring substituents is 1. The van der Waals surface area contributed by atoms with E-state index in [0.29, 0.717) is 22.7 Å². The van der Waals surface area contributed by atoms with Gasteiger partial charge in [0, 0.05) is 12.6 Å². The molecule has 0 amide bonds. The molecule has 3 N–H and O–H groups in total. The third kappa shape index (κ3) is 3.65. The van der Waals surface area contributed by atoms with Crippen molar-refractivity contribution in [2.75, 3.05) is 5.32 Å². The van der Waals surface area contributed by atoms with E-state index in [-0.39, 0.29) is 17.9 Å². The van der Waals surface area contributed by atoms with Gasteiger partial charge in [0.2, 0.25) is 9.84 Å². The summed E-state index contributed by atoms with van der Waals surface area (Å²) in [6.45, 7) is 0.116. The number of imidazole rings is 1. The van der Waals surface area contributed by atoms with Crippen LogP contribution in [0.4, 0.5) is 20.2 Å². The van der Waals surface area contributed by atoms with E-state index in [1.165, 1.54) is 0 Å². The Bertz CT molecular complexity index is 1190. The van der Waals surface area contributed by atoms with Gasteiger partial charge in [-0.2, -0.15) is 8.78 Å². The molecule has 1 aromatic heterocycles. The predicted octanol–water partition coefficient (Wildman–Crippen LogP) is 2.37. The van der Waals surface area contributed by atoms with Crippen molar-refractivity contribution in [1.29, 1.82) is 0 Å². The van der Waals surface area contributed by atoms with Crippen LogP contribution in [0.15, 0.2) is 46.1 Å². The number of nitrogens with one attached hydrogen (secondary N) is 3. The number of aromatic amines is 2. The molecule has 0 unspecified atom stereocenters. The fraction of sp³-hybridized carbons (Fsp3) is 0.133. The van der Waals surface area contributed by atoms with Crippen molar-refractivity contribution in [2.24, 2.45) is 0 Å². The van der Waals surface area contributed by atoms with E-state index in [0.717, 1.165) is 12.1 Å². The zero-order chi connectivity index (χ0) is 19.8. The van der Waals surface area contributed by atoms with Crippen molar-refractivity contribution in [3.63, 3.8) is 0 Å². The summed E-state index contributed by atoms with van der Waals surface area (Å²) in [6.07, 6.45) is 0. The van der Waals surface area contributed by atoms with E-state index in [1.54, 1.807) is 18.2 Å². The van der Waals surface area contributed by atoms with E-state index < -0.39 is 31.1 Å². The molecule has 3 rings (SSSR count). The molecule has 12 heteroatoms. The molecule has 0 saturated carbocycles. The largest absolute Gasteiger partial charge is 0.375 e. The Labute approximate surface area is 150 Å². The van der Waals surface area contributed by atoms with Gasteiger partial charge >= 0.3 is 11.4 Å². The van der Waals surface area contributed by atoms with E-state index in [4.69, 9.17) is 0 Å². The van der Waals surface area contributed by atoms with Crippen LogP contribution < -0.4 is 11.0 Å². The Balaban J connectivity index is 1.89. The fourth-order valence-corrected chi connectivity index (χ4v) is 3.22. The highest BCUT2D eigenvalue weighted by Crippen LogP contribution is 2.30. The van der Waals surface area contributed by atoms with Crippen LogP contribution in [0.1, 0.15) is 5.56 Å². The van der Waals surface area contributed by atoms with Gasteiger partial charge in [0.1, 0.15) is 5.69 Å². The van der Waals surface area contributed by atoms with Crippen LogP contribution in [0.25, 0.3) is 11.0 Å². The molecule has 0 bridgehead atoms. The van der Waals surface area contributed by atoms with Gasteiger partial charge in [0.15, 0.2) is 0 Å². The number of hydrogen-bond acceptors (Lipinski definition) is 6. The standard InChI is InChI=1S/C15H12F2N4O5S/c16-14(17)27(25,26)9-2-4-11(13(6-9)21(23)24)18-7-8-1-3-10-12(5-8)20-15(22)19-10/h1-6,14,18H,7H2,(H2,19,20,22). The second-order valence-electron chi connectivity index (χ2n) is 5.55. The summed E-state index contributed by atoms with van der Waals surface area (Å²) in [5, 5.41) is 14.0. The van der Waals surface area contributed by atoms with Crippen molar-refractivity contribution < 1.29 is 22.1 Å². The summed E-state index contributed by atoms with van der Waals surface area (Å²) < 4.78 is 48.3. The molecule has 0 aliphatic carbocycles. The lowest BCUT2D eigenvalue weighted by Crippen LogP contribution is -2.12. The minimum absolute atomic E-state index is 0.0316. The first kappa shape index (κ1) is 18.5. The normalized spacial score (nSPS) is 11.8. The number of benzene rings is 2. The van der Waals surface area contributed by atoms with Crippen molar-refractivity contribution in [3.8, 4) is 0 Å².